The molecule has 0 saturated heterocycles. The number of aromatic nitrogens is 2. The number of aliphatic carboxylic acids is 1. The molecule has 0 spiro atoms. The molecule has 0 aliphatic carbocycles. The summed E-state index contributed by atoms with van der Waals surface area (Å²) >= 11 is 0. The van der Waals surface area contributed by atoms with E-state index in [-0.39, 0.29) is 18.4 Å². The minimum atomic E-state index is -0.919. The van der Waals surface area contributed by atoms with Crippen molar-refractivity contribution in [2.75, 3.05) is 7.05 Å². The number of carboxylic acid groups (broad SMARTS) is 1. The van der Waals surface area contributed by atoms with Gasteiger partial charge < -0.3 is 10.0 Å². The van der Waals surface area contributed by atoms with Gasteiger partial charge >= 0.3 is 5.97 Å². The van der Waals surface area contributed by atoms with Crippen molar-refractivity contribution in [1.29, 1.82) is 0 Å². The zero-order valence-corrected chi connectivity index (χ0v) is 10.4. The number of aryl methyl sites for hydroxylation is 2. The van der Waals surface area contributed by atoms with Crippen molar-refractivity contribution in [3.63, 3.8) is 0 Å². The van der Waals surface area contributed by atoms with Crippen LogP contribution in [-0.4, -0.2) is 45.2 Å². The number of carbonyl (C=O) groups excluding carboxylic acids is 1. The summed E-state index contributed by atoms with van der Waals surface area (Å²) < 4.78 is 0. The average Bonchev–Trinajstić information content (AvgIpc) is 2.55. The zero-order chi connectivity index (χ0) is 13.2. The van der Waals surface area contributed by atoms with Gasteiger partial charge in [-0.15, -0.1) is 0 Å². The van der Waals surface area contributed by atoms with Crippen LogP contribution in [0.25, 0.3) is 0 Å². The standard InChI is InChI=1S/C11H17N3O3/c1-6(5-9(15)16)14(4)11(17)10-7(2)12-13-8(10)3/h6H,5H2,1-4H3,(H,12,13)(H,15,16). The normalized spacial score (nSPS) is 12.2. The highest BCUT2D eigenvalue weighted by molar-refractivity contribution is 5.96. The molecule has 0 aromatic carbocycles. The first-order valence-electron chi connectivity index (χ1n) is 5.35. The number of carboxylic acids is 1. The Bertz CT molecular complexity index is 420. The quantitative estimate of drug-likeness (QED) is 0.819. The van der Waals surface area contributed by atoms with Gasteiger partial charge in [-0.2, -0.15) is 5.10 Å². The summed E-state index contributed by atoms with van der Waals surface area (Å²) in [7, 11) is 1.60. The maximum atomic E-state index is 12.1. The molecule has 2 N–H and O–H groups in total. The van der Waals surface area contributed by atoms with Gasteiger partial charge in [0.15, 0.2) is 0 Å². The van der Waals surface area contributed by atoms with Crippen LogP contribution in [-0.2, 0) is 4.79 Å². The molecule has 1 amide bonds. The second-order valence-corrected chi connectivity index (χ2v) is 4.17. The maximum Gasteiger partial charge on any atom is 0.305 e. The monoisotopic (exact) mass is 239 g/mol. The summed E-state index contributed by atoms with van der Waals surface area (Å²) in [6, 6.07) is -0.353. The molecule has 1 atom stereocenters. The first-order chi connectivity index (χ1) is 7.84. The first-order valence-corrected chi connectivity index (χ1v) is 5.35. The molecule has 0 aliphatic heterocycles. The van der Waals surface area contributed by atoms with E-state index in [1.807, 2.05) is 0 Å². The van der Waals surface area contributed by atoms with Crippen LogP contribution in [0.1, 0.15) is 35.1 Å². The molecule has 1 aromatic heterocycles. The van der Waals surface area contributed by atoms with Crippen molar-refractivity contribution in [3.8, 4) is 0 Å². The lowest BCUT2D eigenvalue weighted by molar-refractivity contribution is -0.137. The van der Waals surface area contributed by atoms with Gasteiger partial charge in [-0.25, -0.2) is 0 Å². The highest BCUT2D eigenvalue weighted by atomic mass is 16.4. The number of aromatic amines is 1. The van der Waals surface area contributed by atoms with Crippen LogP contribution >= 0.6 is 0 Å². The predicted molar refractivity (Wildman–Crippen MR) is 61.9 cm³/mol. The molecule has 17 heavy (non-hydrogen) atoms. The Balaban J connectivity index is 2.87. The lowest BCUT2D eigenvalue weighted by atomic mass is 10.1. The van der Waals surface area contributed by atoms with Crippen LogP contribution in [0.15, 0.2) is 0 Å². The van der Waals surface area contributed by atoms with E-state index in [2.05, 4.69) is 10.2 Å². The fourth-order valence-electron chi connectivity index (χ4n) is 1.63. The third-order valence-corrected chi connectivity index (χ3v) is 2.79. The van der Waals surface area contributed by atoms with E-state index < -0.39 is 5.97 Å². The smallest absolute Gasteiger partial charge is 0.305 e. The minimum Gasteiger partial charge on any atom is -0.481 e. The number of amides is 1. The summed E-state index contributed by atoms with van der Waals surface area (Å²) in [6.45, 7) is 5.21. The minimum absolute atomic E-state index is 0.0712. The molecule has 1 aromatic rings. The van der Waals surface area contributed by atoms with Gasteiger partial charge in [-0.05, 0) is 20.8 Å². The van der Waals surface area contributed by atoms with Gasteiger partial charge in [0.05, 0.1) is 17.7 Å². The summed E-state index contributed by atoms with van der Waals surface area (Å²) in [5, 5.41) is 15.4. The Morgan fingerprint density at radius 2 is 2.06 bits per heavy atom. The van der Waals surface area contributed by atoms with Gasteiger partial charge in [0.25, 0.3) is 5.91 Å². The Morgan fingerprint density at radius 3 is 2.47 bits per heavy atom. The molecule has 0 aliphatic rings. The van der Waals surface area contributed by atoms with E-state index >= 15 is 0 Å². The molecule has 0 fully saturated rings. The average molecular weight is 239 g/mol. The van der Waals surface area contributed by atoms with E-state index in [0.29, 0.717) is 17.0 Å². The highest BCUT2D eigenvalue weighted by Gasteiger charge is 2.23. The fourth-order valence-corrected chi connectivity index (χ4v) is 1.63. The number of carbonyl (C=O) groups is 2. The van der Waals surface area contributed by atoms with E-state index in [4.69, 9.17) is 5.11 Å². The molecule has 1 heterocycles. The summed E-state index contributed by atoms with van der Waals surface area (Å²) in [5.41, 5.74) is 1.84. The van der Waals surface area contributed by atoms with Crippen molar-refractivity contribution in [1.82, 2.24) is 15.1 Å². The van der Waals surface area contributed by atoms with E-state index in [1.165, 1.54) is 4.90 Å². The second-order valence-electron chi connectivity index (χ2n) is 4.17. The van der Waals surface area contributed by atoms with Gasteiger partial charge in [0, 0.05) is 18.8 Å². The highest BCUT2D eigenvalue weighted by Crippen LogP contribution is 2.14. The maximum absolute atomic E-state index is 12.1. The molecule has 1 unspecified atom stereocenters. The number of hydrogen-bond acceptors (Lipinski definition) is 3. The molecule has 1 rings (SSSR count). The number of nitrogens with one attached hydrogen (secondary N) is 1. The van der Waals surface area contributed by atoms with Crippen LogP contribution in [0, 0.1) is 13.8 Å². The van der Waals surface area contributed by atoms with Crippen LogP contribution in [0.2, 0.25) is 0 Å². The topological polar surface area (TPSA) is 86.3 Å². The fraction of sp³-hybridized carbons (Fsp3) is 0.545. The molecule has 6 nitrogen and oxygen atoms in total. The summed E-state index contributed by atoms with van der Waals surface area (Å²) in [6.07, 6.45) is -0.0712. The molecule has 0 saturated carbocycles. The van der Waals surface area contributed by atoms with Crippen molar-refractivity contribution in [2.24, 2.45) is 0 Å². The lowest BCUT2D eigenvalue weighted by Crippen LogP contribution is -2.37. The van der Waals surface area contributed by atoms with Crippen LogP contribution in [0.3, 0.4) is 0 Å². The lowest BCUT2D eigenvalue weighted by Gasteiger charge is -2.23. The number of nitrogens with zero attached hydrogens (tertiary/aromatic N) is 2. The van der Waals surface area contributed by atoms with Gasteiger partial charge in [-0.3, -0.25) is 14.7 Å². The Hall–Kier alpha value is -1.85. The largest absolute Gasteiger partial charge is 0.481 e. The summed E-state index contributed by atoms with van der Waals surface area (Å²) in [4.78, 5) is 24.2. The molecular formula is C11H17N3O3. The molecule has 94 valence electrons. The predicted octanol–water partition coefficient (Wildman–Crippen LogP) is 0.962. The number of H-pyrrole nitrogens is 1. The van der Waals surface area contributed by atoms with Crippen molar-refractivity contribution in [3.05, 3.63) is 17.0 Å². The first kappa shape index (κ1) is 13.2. The third-order valence-electron chi connectivity index (χ3n) is 2.79. The second kappa shape index (κ2) is 4.99. The van der Waals surface area contributed by atoms with E-state index in [1.54, 1.807) is 27.8 Å². The third kappa shape index (κ3) is 2.83. The molecule has 6 heteroatoms. The zero-order valence-electron chi connectivity index (χ0n) is 10.4. The molecule has 0 bridgehead atoms. The van der Waals surface area contributed by atoms with Crippen molar-refractivity contribution >= 4 is 11.9 Å². The van der Waals surface area contributed by atoms with Crippen LogP contribution in [0.5, 0.6) is 0 Å². The SMILES string of the molecule is Cc1n[nH]c(C)c1C(=O)N(C)C(C)CC(=O)O. The van der Waals surface area contributed by atoms with Gasteiger partial charge in [-0.1, -0.05) is 0 Å². The van der Waals surface area contributed by atoms with Crippen molar-refractivity contribution < 1.29 is 14.7 Å². The van der Waals surface area contributed by atoms with Crippen molar-refractivity contribution in [2.45, 2.75) is 33.2 Å². The van der Waals surface area contributed by atoms with Crippen LogP contribution in [0.4, 0.5) is 0 Å². The number of hydrogen-bond donors (Lipinski definition) is 2. The molecule has 0 radical (unpaired) electrons. The van der Waals surface area contributed by atoms with Crippen LogP contribution < -0.4 is 0 Å². The Kier molecular flexibility index (Phi) is 3.88. The summed E-state index contributed by atoms with van der Waals surface area (Å²) in [5.74, 6) is -1.12. The molecular weight excluding hydrogens is 222 g/mol. The van der Waals surface area contributed by atoms with Gasteiger partial charge in [0.2, 0.25) is 0 Å². The van der Waals surface area contributed by atoms with E-state index in [9.17, 15) is 9.59 Å². The van der Waals surface area contributed by atoms with Gasteiger partial charge in [0.1, 0.15) is 0 Å². The Labute approximate surface area is 99.6 Å². The Morgan fingerprint density at radius 1 is 1.47 bits per heavy atom. The number of rotatable bonds is 4. The van der Waals surface area contributed by atoms with E-state index in [0.717, 1.165) is 0 Å².